The van der Waals surface area contributed by atoms with Gasteiger partial charge in [-0.15, -0.1) is 0 Å². The monoisotopic (exact) mass is 374 g/mol. The van der Waals surface area contributed by atoms with Crippen LogP contribution in [0.2, 0.25) is 0 Å². The first kappa shape index (κ1) is 20.1. The van der Waals surface area contributed by atoms with Crippen LogP contribution in [-0.4, -0.2) is 19.7 Å². The van der Waals surface area contributed by atoms with Gasteiger partial charge in [0, 0.05) is 5.92 Å². The number of carbonyl (C=O) groups is 1. The molecule has 0 N–H and O–H groups in total. The van der Waals surface area contributed by atoms with Crippen molar-refractivity contribution in [3.05, 3.63) is 99.1 Å². The molecule has 0 saturated heterocycles. The Kier molecular flexibility index (Phi) is 8.05. The third-order valence-corrected chi connectivity index (χ3v) is 3.80. The van der Waals surface area contributed by atoms with Gasteiger partial charge in [0.2, 0.25) is 0 Å². The predicted octanol–water partition coefficient (Wildman–Crippen LogP) is 3.43. The molecule has 0 amide bonds. The van der Waals surface area contributed by atoms with Crippen molar-refractivity contribution in [3.8, 4) is 5.75 Å². The minimum absolute atomic E-state index is 0. The van der Waals surface area contributed by atoms with Gasteiger partial charge in [-0.25, -0.2) is 4.79 Å². The van der Waals surface area contributed by atoms with Crippen molar-refractivity contribution < 1.29 is 31.3 Å². The van der Waals surface area contributed by atoms with E-state index in [2.05, 4.69) is 0 Å². The summed E-state index contributed by atoms with van der Waals surface area (Å²) in [5, 5.41) is 0. The summed E-state index contributed by atoms with van der Waals surface area (Å²) >= 11 is 0. The van der Waals surface area contributed by atoms with E-state index >= 15 is 0 Å². The summed E-state index contributed by atoms with van der Waals surface area (Å²) in [6.45, 7) is 0.338. The molecule has 0 spiro atoms. The first-order valence-corrected chi connectivity index (χ1v) is 7.73. The van der Waals surface area contributed by atoms with Crippen LogP contribution in [-0.2, 0) is 26.6 Å². The maximum Gasteiger partial charge on any atom is 2.00 e. The molecule has 2 fully saturated rings. The second-order valence-corrected chi connectivity index (χ2v) is 5.29. The third kappa shape index (κ3) is 5.12. The van der Waals surface area contributed by atoms with E-state index < -0.39 is 0 Å². The van der Waals surface area contributed by atoms with Crippen molar-refractivity contribution in [2.24, 2.45) is 0 Å². The zero-order chi connectivity index (χ0) is 16.8. The molecule has 0 unspecified atom stereocenters. The molecule has 1 heterocycles. The van der Waals surface area contributed by atoms with Gasteiger partial charge in [-0.05, 0) is 81.1 Å². The molecule has 0 aromatic heterocycles. The molecule has 25 heavy (non-hydrogen) atoms. The number of rotatable bonds is 3. The van der Waals surface area contributed by atoms with E-state index in [1.807, 2.05) is 82.1 Å². The van der Waals surface area contributed by atoms with Gasteiger partial charge >= 0.3 is 23.0 Å². The topological polar surface area (TPSA) is 35.5 Å². The Labute approximate surface area is 161 Å². The summed E-state index contributed by atoms with van der Waals surface area (Å²) in [6, 6.07) is 7.44. The van der Waals surface area contributed by atoms with Crippen LogP contribution in [0.5, 0.6) is 5.75 Å². The van der Waals surface area contributed by atoms with Crippen LogP contribution in [0.4, 0.5) is 0 Å². The largest absolute Gasteiger partial charge is 2.00 e. The first-order chi connectivity index (χ1) is 11.8. The average Bonchev–Trinajstić information content (AvgIpc) is 3.38. The minimum atomic E-state index is -0.263. The fraction of sp³-hybridized carbons (Fsp3) is 0.0952. The van der Waals surface area contributed by atoms with Gasteiger partial charge in [0.15, 0.2) is 0 Å². The van der Waals surface area contributed by atoms with E-state index in [1.165, 1.54) is 0 Å². The van der Waals surface area contributed by atoms with Gasteiger partial charge in [0.1, 0.15) is 12.4 Å². The second-order valence-electron chi connectivity index (χ2n) is 5.29. The van der Waals surface area contributed by atoms with Crippen molar-refractivity contribution >= 4 is 11.5 Å². The molecular formula is C21H18FeO3+2. The number of carbonyl (C=O) groups excluding carboxylic acids is 1. The van der Waals surface area contributed by atoms with Gasteiger partial charge in [0.05, 0.1) is 12.7 Å². The number of esters is 1. The molecule has 0 bridgehead atoms. The zero-order valence-electron chi connectivity index (χ0n) is 13.8. The number of hydrogen-bond donors (Lipinski definition) is 0. The van der Waals surface area contributed by atoms with E-state index in [0.29, 0.717) is 12.2 Å². The van der Waals surface area contributed by atoms with Crippen molar-refractivity contribution in [3.63, 3.8) is 0 Å². The van der Waals surface area contributed by atoms with Gasteiger partial charge in [-0.1, -0.05) is 12.1 Å². The summed E-state index contributed by atoms with van der Waals surface area (Å²) in [5.74, 6) is 1.55. The predicted molar refractivity (Wildman–Crippen MR) is 92.8 cm³/mol. The van der Waals surface area contributed by atoms with Gasteiger partial charge < -0.3 is 9.47 Å². The van der Waals surface area contributed by atoms with Crippen LogP contribution in [0.15, 0.2) is 29.8 Å². The molecule has 0 atom stereocenters. The molecule has 1 aromatic rings. The maximum absolute atomic E-state index is 11.9. The number of cyclic esters (lactones) is 1. The fourth-order valence-electron chi connectivity index (χ4n) is 2.58. The SMILES string of the molecule is COc1ccc(C2=C([C]3[CH][CH][CH][CH]3)COC2=O)cc1.[CH]1[CH][CH][CH][CH]1.[Fe+2]. The smallest absolute Gasteiger partial charge is 0.497 e. The van der Waals surface area contributed by atoms with Crippen LogP contribution in [0, 0.1) is 63.7 Å². The number of benzene rings is 1. The molecule has 3 aliphatic rings. The zero-order valence-corrected chi connectivity index (χ0v) is 14.9. The standard InChI is InChI=1S/C16H13O3.C5H5.Fe/c1-18-13-8-6-12(7-9-13)15-14(10-19-16(15)17)11-4-2-3-5-11;1-2-4-5-3-1;/h2-9H,10H2,1H3;1-5H;/q;;+2. The average molecular weight is 374 g/mol. The van der Waals surface area contributed by atoms with Crippen LogP contribution in [0.25, 0.3) is 5.57 Å². The molecule has 1 aromatic carbocycles. The minimum Gasteiger partial charge on any atom is -0.497 e. The molecule has 4 rings (SSSR count). The number of ether oxygens (including phenoxy) is 2. The molecule has 2 saturated carbocycles. The molecule has 3 nitrogen and oxygen atoms in total. The fourth-order valence-corrected chi connectivity index (χ4v) is 2.58. The molecular weight excluding hydrogens is 356 g/mol. The Bertz CT molecular complexity index is 574. The Morgan fingerprint density at radius 1 is 0.880 bits per heavy atom. The molecule has 10 radical (unpaired) electrons. The van der Waals surface area contributed by atoms with Crippen molar-refractivity contribution in [1.82, 2.24) is 0 Å². The van der Waals surface area contributed by atoms with Crippen LogP contribution in [0.3, 0.4) is 0 Å². The second kappa shape index (κ2) is 10.0. The van der Waals surface area contributed by atoms with Crippen molar-refractivity contribution in [2.45, 2.75) is 0 Å². The first-order valence-electron chi connectivity index (χ1n) is 7.73. The van der Waals surface area contributed by atoms with E-state index in [4.69, 9.17) is 9.47 Å². The van der Waals surface area contributed by atoms with Gasteiger partial charge in [-0.3, -0.25) is 0 Å². The molecule has 126 valence electrons. The van der Waals surface area contributed by atoms with E-state index in [1.54, 1.807) is 7.11 Å². The quantitative estimate of drug-likeness (QED) is 0.601. The Hall–Kier alpha value is -1.25. The summed E-state index contributed by atoms with van der Waals surface area (Å²) in [6.07, 6.45) is 17.9. The molecule has 2 aliphatic carbocycles. The van der Waals surface area contributed by atoms with E-state index in [-0.39, 0.29) is 23.0 Å². The molecule has 1 aliphatic heterocycles. The molecule has 4 heteroatoms. The summed E-state index contributed by atoms with van der Waals surface area (Å²) in [4.78, 5) is 11.9. The summed E-state index contributed by atoms with van der Waals surface area (Å²) in [7, 11) is 1.62. The Morgan fingerprint density at radius 2 is 1.44 bits per heavy atom. The van der Waals surface area contributed by atoms with E-state index in [9.17, 15) is 4.79 Å². The Morgan fingerprint density at radius 3 is 1.96 bits per heavy atom. The third-order valence-electron chi connectivity index (χ3n) is 3.80. The maximum atomic E-state index is 11.9. The van der Waals surface area contributed by atoms with E-state index in [0.717, 1.165) is 22.8 Å². The number of hydrogen-bond acceptors (Lipinski definition) is 3. The summed E-state index contributed by atoms with van der Waals surface area (Å²) in [5.41, 5.74) is 2.45. The summed E-state index contributed by atoms with van der Waals surface area (Å²) < 4.78 is 10.3. The van der Waals surface area contributed by atoms with Crippen molar-refractivity contribution in [2.75, 3.05) is 13.7 Å². The van der Waals surface area contributed by atoms with Crippen LogP contribution < -0.4 is 4.74 Å². The van der Waals surface area contributed by atoms with Crippen LogP contribution in [0.1, 0.15) is 5.56 Å². The van der Waals surface area contributed by atoms with Gasteiger partial charge in [0.25, 0.3) is 0 Å². The van der Waals surface area contributed by atoms with Crippen LogP contribution >= 0.6 is 0 Å². The van der Waals surface area contributed by atoms with Crippen molar-refractivity contribution in [1.29, 1.82) is 0 Å². The normalized spacial score (nSPS) is 20.0. The van der Waals surface area contributed by atoms with Gasteiger partial charge in [-0.2, -0.15) is 0 Å². The number of methoxy groups -OCH3 is 1. The Balaban J connectivity index is 0.000000325.